The molecule has 0 saturated heterocycles. The molecule has 0 radical (unpaired) electrons. The molecule has 1 aromatic carbocycles. The first-order valence-electron chi connectivity index (χ1n) is 4.95. The Balaban J connectivity index is 2.16. The number of carboxylic acid groups (broad SMARTS) is 1. The summed E-state index contributed by atoms with van der Waals surface area (Å²) in [6, 6.07) is 3.69. The lowest BCUT2D eigenvalue weighted by Crippen LogP contribution is -1.99. The van der Waals surface area contributed by atoms with Crippen molar-refractivity contribution >= 4 is 17.7 Å². The van der Waals surface area contributed by atoms with Crippen molar-refractivity contribution in [3.8, 4) is 0 Å². The van der Waals surface area contributed by atoms with Gasteiger partial charge in [0.05, 0.1) is 5.56 Å². The second-order valence-corrected chi connectivity index (χ2v) is 4.43. The summed E-state index contributed by atoms with van der Waals surface area (Å²) in [4.78, 5) is 10.8. The van der Waals surface area contributed by atoms with Gasteiger partial charge in [0.1, 0.15) is 5.82 Å². The summed E-state index contributed by atoms with van der Waals surface area (Å²) < 4.78 is 15.0. The number of hydrogen-bond donors (Lipinski definition) is 1. The lowest BCUT2D eigenvalue weighted by Gasteiger charge is -2.03. The fourth-order valence-electron chi connectivity index (χ4n) is 1.30. The zero-order chi connectivity index (χ0) is 13.1. The number of benzene rings is 1. The number of aryl methyl sites for hydroxylation is 1. The van der Waals surface area contributed by atoms with E-state index < -0.39 is 11.8 Å². The fourth-order valence-corrected chi connectivity index (χ4v) is 2.13. The fraction of sp³-hybridized carbons (Fsp3) is 0.200. The van der Waals surface area contributed by atoms with Crippen LogP contribution in [0.25, 0.3) is 0 Å². The van der Waals surface area contributed by atoms with Gasteiger partial charge in [-0.3, -0.25) is 0 Å². The molecule has 0 aliphatic rings. The topological polar surface area (TPSA) is 80.9 Å². The van der Waals surface area contributed by atoms with Gasteiger partial charge >= 0.3 is 5.97 Å². The Bertz CT molecular complexity index is 587. The van der Waals surface area contributed by atoms with E-state index in [1.807, 2.05) is 0 Å². The Morgan fingerprint density at radius 1 is 1.56 bits per heavy atom. The Labute approximate surface area is 106 Å². The van der Waals surface area contributed by atoms with Crippen molar-refractivity contribution in [3.63, 3.8) is 0 Å². The lowest BCUT2D eigenvalue weighted by molar-refractivity contribution is 0.0696. The minimum absolute atomic E-state index is 0.0584. The third-order valence-electron chi connectivity index (χ3n) is 2.23. The van der Waals surface area contributed by atoms with Gasteiger partial charge in [-0.05, 0) is 34.2 Å². The molecule has 6 nitrogen and oxygen atoms in total. The van der Waals surface area contributed by atoms with Gasteiger partial charge in [-0.15, -0.1) is 5.10 Å². The first-order valence-corrected chi connectivity index (χ1v) is 5.93. The molecule has 0 atom stereocenters. The smallest absolute Gasteiger partial charge is 0.335 e. The number of halogens is 1. The molecule has 2 aromatic rings. The van der Waals surface area contributed by atoms with Gasteiger partial charge in [-0.25, -0.2) is 13.9 Å². The number of nitrogens with zero attached hydrogens (tertiary/aromatic N) is 4. The molecule has 0 bridgehead atoms. The van der Waals surface area contributed by atoms with E-state index in [-0.39, 0.29) is 11.3 Å². The second kappa shape index (κ2) is 5.13. The van der Waals surface area contributed by atoms with Crippen molar-refractivity contribution in [2.75, 3.05) is 0 Å². The molecule has 0 amide bonds. The van der Waals surface area contributed by atoms with Crippen LogP contribution in [0.4, 0.5) is 4.39 Å². The maximum Gasteiger partial charge on any atom is 0.335 e. The number of rotatable bonds is 4. The number of tetrazole rings is 1. The van der Waals surface area contributed by atoms with Crippen LogP contribution in [0.1, 0.15) is 15.9 Å². The molecule has 0 unspecified atom stereocenters. The summed E-state index contributed by atoms with van der Waals surface area (Å²) in [6.45, 7) is 0. The maximum atomic E-state index is 13.5. The monoisotopic (exact) mass is 268 g/mol. The van der Waals surface area contributed by atoms with E-state index in [4.69, 9.17) is 5.11 Å². The van der Waals surface area contributed by atoms with E-state index in [1.54, 1.807) is 7.05 Å². The Kier molecular flexibility index (Phi) is 3.56. The summed E-state index contributed by atoms with van der Waals surface area (Å²) in [5.74, 6) is -1.26. The van der Waals surface area contributed by atoms with Crippen molar-refractivity contribution in [2.24, 2.45) is 7.05 Å². The maximum absolute atomic E-state index is 13.5. The van der Waals surface area contributed by atoms with E-state index >= 15 is 0 Å². The molecule has 94 valence electrons. The van der Waals surface area contributed by atoms with Crippen LogP contribution in [0.15, 0.2) is 23.4 Å². The van der Waals surface area contributed by atoms with Gasteiger partial charge < -0.3 is 5.11 Å². The van der Waals surface area contributed by atoms with Crippen LogP contribution in [-0.2, 0) is 12.8 Å². The van der Waals surface area contributed by atoms with Crippen molar-refractivity contribution in [2.45, 2.75) is 10.9 Å². The van der Waals surface area contributed by atoms with Gasteiger partial charge in [0.15, 0.2) is 0 Å². The van der Waals surface area contributed by atoms with Crippen molar-refractivity contribution in [1.29, 1.82) is 0 Å². The average molecular weight is 268 g/mol. The SMILES string of the molecule is Cn1nnnc1SCc1cc(C(=O)O)ccc1F. The third kappa shape index (κ3) is 2.65. The third-order valence-corrected chi connectivity index (χ3v) is 3.29. The number of aromatic nitrogens is 4. The highest BCUT2D eigenvalue weighted by molar-refractivity contribution is 7.98. The van der Waals surface area contributed by atoms with Gasteiger partial charge in [0.25, 0.3) is 0 Å². The van der Waals surface area contributed by atoms with Crippen LogP contribution in [0.5, 0.6) is 0 Å². The molecule has 2 rings (SSSR count). The van der Waals surface area contributed by atoms with Crippen molar-refractivity contribution < 1.29 is 14.3 Å². The molecule has 0 spiro atoms. The summed E-state index contributed by atoms with van der Waals surface area (Å²) >= 11 is 1.24. The van der Waals surface area contributed by atoms with Crippen LogP contribution in [0.3, 0.4) is 0 Å². The standard InChI is InChI=1S/C10H9FN4O2S/c1-15-10(12-13-14-15)18-5-7-4-6(9(16)17)2-3-8(7)11/h2-4H,5H2,1H3,(H,16,17). The summed E-state index contributed by atoms with van der Waals surface area (Å²) in [5.41, 5.74) is 0.367. The summed E-state index contributed by atoms with van der Waals surface area (Å²) in [6.07, 6.45) is 0. The minimum Gasteiger partial charge on any atom is -0.478 e. The van der Waals surface area contributed by atoms with Crippen LogP contribution in [0.2, 0.25) is 0 Å². The van der Waals surface area contributed by atoms with Gasteiger partial charge in [0, 0.05) is 12.8 Å². The van der Waals surface area contributed by atoms with E-state index in [9.17, 15) is 9.18 Å². The molecule has 0 aliphatic carbocycles. The van der Waals surface area contributed by atoms with Gasteiger partial charge in [-0.1, -0.05) is 11.8 Å². The highest BCUT2D eigenvalue weighted by atomic mass is 32.2. The number of carboxylic acids is 1. The number of carbonyl (C=O) groups is 1. The van der Waals surface area contributed by atoms with Crippen LogP contribution in [-0.4, -0.2) is 31.3 Å². The van der Waals surface area contributed by atoms with Crippen LogP contribution in [0, 0.1) is 5.82 Å². The molecule has 1 N–H and O–H groups in total. The quantitative estimate of drug-likeness (QED) is 0.843. The highest BCUT2D eigenvalue weighted by Crippen LogP contribution is 2.22. The zero-order valence-electron chi connectivity index (χ0n) is 9.37. The average Bonchev–Trinajstić information content (AvgIpc) is 2.73. The largest absolute Gasteiger partial charge is 0.478 e. The molecule has 0 fully saturated rings. The number of hydrogen-bond acceptors (Lipinski definition) is 5. The van der Waals surface area contributed by atoms with Gasteiger partial charge in [0.2, 0.25) is 5.16 Å². The first-order chi connectivity index (χ1) is 8.58. The minimum atomic E-state index is -1.08. The predicted molar refractivity (Wildman–Crippen MR) is 61.7 cm³/mol. The Hall–Kier alpha value is -1.96. The second-order valence-electron chi connectivity index (χ2n) is 3.49. The Morgan fingerprint density at radius 3 is 2.94 bits per heavy atom. The summed E-state index contributed by atoms with van der Waals surface area (Å²) in [5, 5.41) is 20.2. The van der Waals surface area contributed by atoms with E-state index in [0.29, 0.717) is 10.7 Å². The normalized spacial score (nSPS) is 10.6. The van der Waals surface area contributed by atoms with Crippen molar-refractivity contribution in [1.82, 2.24) is 20.2 Å². The molecular weight excluding hydrogens is 259 g/mol. The highest BCUT2D eigenvalue weighted by Gasteiger charge is 2.10. The zero-order valence-corrected chi connectivity index (χ0v) is 10.2. The van der Waals surface area contributed by atoms with Crippen molar-refractivity contribution in [3.05, 3.63) is 35.1 Å². The molecule has 0 saturated carbocycles. The van der Waals surface area contributed by atoms with Crippen LogP contribution < -0.4 is 0 Å². The Morgan fingerprint density at radius 2 is 2.33 bits per heavy atom. The van der Waals surface area contributed by atoms with E-state index in [2.05, 4.69) is 15.5 Å². The molecular formula is C10H9FN4O2S. The lowest BCUT2D eigenvalue weighted by atomic mass is 10.1. The van der Waals surface area contributed by atoms with E-state index in [0.717, 1.165) is 6.07 Å². The first kappa shape index (κ1) is 12.5. The molecule has 1 aromatic heterocycles. The summed E-state index contributed by atoms with van der Waals surface area (Å²) in [7, 11) is 1.67. The molecule has 18 heavy (non-hydrogen) atoms. The van der Waals surface area contributed by atoms with E-state index in [1.165, 1.54) is 28.6 Å². The van der Waals surface area contributed by atoms with Crippen LogP contribution >= 0.6 is 11.8 Å². The number of thioether (sulfide) groups is 1. The number of aromatic carboxylic acids is 1. The molecule has 1 heterocycles. The molecule has 0 aliphatic heterocycles. The molecule has 8 heteroatoms. The predicted octanol–water partition coefficient (Wildman–Crippen LogP) is 1.34. The van der Waals surface area contributed by atoms with Gasteiger partial charge in [-0.2, -0.15) is 0 Å².